The topological polar surface area (TPSA) is 104 Å². The predicted octanol–water partition coefficient (Wildman–Crippen LogP) is 3.33. The summed E-state index contributed by atoms with van der Waals surface area (Å²) < 4.78 is 80.9. The number of benzene rings is 1. The summed E-state index contributed by atoms with van der Waals surface area (Å²) in [5.74, 6) is -0.931. The number of hydrogen-bond acceptors (Lipinski definition) is 6. The van der Waals surface area contributed by atoms with Gasteiger partial charge in [-0.25, -0.2) is 24.1 Å². The molecule has 0 aliphatic rings. The zero-order valence-corrected chi connectivity index (χ0v) is 18.5. The highest BCUT2D eigenvalue weighted by molar-refractivity contribution is 6.30. The summed E-state index contributed by atoms with van der Waals surface area (Å²) in [7, 11) is 0. The van der Waals surface area contributed by atoms with Crippen molar-refractivity contribution in [3.8, 4) is 17.2 Å². The molecule has 0 radical (unpaired) electrons. The Bertz CT molecular complexity index is 1430. The molecule has 9 nitrogen and oxygen atoms in total. The Morgan fingerprint density at radius 3 is 2.33 bits per heavy atom. The zero-order chi connectivity index (χ0) is 26.3. The largest absolute Gasteiger partial charge is 0.420 e. The maximum absolute atomic E-state index is 13.3. The summed E-state index contributed by atoms with van der Waals surface area (Å²) in [6.07, 6.45) is -10.5. The second-order valence-corrected chi connectivity index (χ2v) is 7.85. The van der Waals surface area contributed by atoms with Crippen LogP contribution in [0.3, 0.4) is 0 Å². The van der Waals surface area contributed by atoms with Crippen LogP contribution in [0.5, 0.6) is 0 Å². The summed E-state index contributed by atoms with van der Waals surface area (Å²) in [4.78, 5) is 20.4. The molecule has 0 spiro atoms. The molecule has 0 bridgehead atoms. The van der Waals surface area contributed by atoms with Crippen molar-refractivity contribution in [3.63, 3.8) is 0 Å². The van der Waals surface area contributed by atoms with Crippen molar-refractivity contribution in [1.29, 1.82) is 0 Å². The number of hydrogen-bond donors (Lipinski definition) is 1. The first-order chi connectivity index (χ1) is 16.8. The minimum Gasteiger partial charge on any atom is -0.382 e. The monoisotopic (exact) mass is 533 g/mol. The SMILES string of the molecule is O=c1n(Cc2ncn(-c3ncccc3C(F)(F)F)n2)nc(-c2ccc(Cl)cc2)n1C[C@H](O)C(F)(F)F. The Balaban J connectivity index is 1.71. The van der Waals surface area contributed by atoms with E-state index in [1.807, 2.05) is 0 Å². The van der Waals surface area contributed by atoms with Crippen LogP contribution in [0.1, 0.15) is 11.4 Å². The van der Waals surface area contributed by atoms with E-state index in [4.69, 9.17) is 11.6 Å². The van der Waals surface area contributed by atoms with Crippen molar-refractivity contribution in [2.75, 3.05) is 0 Å². The van der Waals surface area contributed by atoms with E-state index in [1.165, 1.54) is 24.3 Å². The van der Waals surface area contributed by atoms with E-state index in [1.54, 1.807) is 0 Å². The maximum Gasteiger partial charge on any atom is 0.420 e. The van der Waals surface area contributed by atoms with E-state index in [0.29, 0.717) is 9.59 Å². The minimum absolute atomic E-state index is 0.167. The minimum atomic E-state index is -5.00. The van der Waals surface area contributed by atoms with Gasteiger partial charge < -0.3 is 5.11 Å². The van der Waals surface area contributed by atoms with Gasteiger partial charge in [-0.2, -0.15) is 26.3 Å². The van der Waals surface area contributed by atoms with Crippen molar-refractivity contribution >= 4 is 11.6 Å². The van der Waals surface area contributed by atoms with Crippen LogP contribution in [0.25, 0.3) is 17.2 Å². The second-order valence-electron chi connectivity index (χ2n) is 7.42. The van der Waals surface area contributed by atoms with E-state index in [-0.39, 0.29) is 17.2 Å². The number of nitrogens with zero attached hydrogens (tertiary/aromatic N) is 7. The second kappa shape index (κ2) is 9.39. The fourth-order valence-electron chi connectivity index (χ4n) is 3.20. The number of rotatable bonds is 6. The van der Waals surface area contributed by atoms with Crippen LogP contribution in [0.4, 0.5) is 26.3 Å². The van der Waals surface area contributed by atoms with Crippen molar-refractivity contribution < 1.29 is 31.4 Å². The lowest BCUT2D eigenvalue weighted by Gasteiger charge is -2.15. The summed E-state index contributed by atoms with van der Waals surface area (Å²) >= 11 is 5.84. The first-order valence-electron chi connectivity index (χ1n) is 9.96. The molecule has 190 valence electrons. The molecule has 1 atom stereocenters. The Morgan fingerprint density at radius 2 is 1.69 bits per heavy atom. The van der Waals surface area contributed by atoms with Gasteiger partial charge in [-0.15, -0.1) is 10.2 Å². The molecule has 3 heterocycles. The van der Waals surface area contributed by atoms with Gasteiger partial charge in [-0.1, -0.05) is 11.6 Å². The smallest absolute Gasteiger partial charge is 0.382 e. The molecule has 0 aliphatic heterocycles. The molecule has 3 aromatic heterocycles. The third-order valence-electron chi connectivity index (χ3n) is 4.90. The number of halogens is 7. The van der Waals surface area contributed by atoms with E-state index >= 15 is 0 Å². The number of aliphatic hydroxyl groups excluding tert-OH is 1. The highest BCUT2D eigenvalue weighted by Crippen LogP contribution is 2.32. The van der Waals surface area contributed by atoms with Crippen molar-refractivity contribution in [3.05, 3.63) is 75.8 Å². The molecule has 1 N–H and O–H groups in total. The molecule has 0 amide bonds. The van der Waals surface area contributed by atoms with Crippen LogP contribution in [-0.2, 0) is 19.3 Å². The van der Waals surface area contributed by atoms with Crippen molar-refractivity contribution in [2.45, 2.75) is 31.5 Å². The van der Waals surface area contributed by atoms with E-state index in [2.05, 4.69) is 20.2 Å². The van der Waals surface area contributed by atoms with E-state index in [9.17, 15) is 36.2 Å². The molecule has 16 heteroatoms. The fourth-order valence-corrected chi connectivity index (χ4v) is 3.33. The molecule has 0 saturated carbocycles. The van der Waals surface area contributed by atoms with Gasteiger partial charge in [0.25, 0.3) is 0 Å². The Kier molecular flexibility index (Phi) is 6.62. The van der Waals surface area contributed by atoms with Crippen LogP contribution in [0.2, 0.25) is 5.02 Å². The molecule has 0 saturated heterocycles. The van der Waals surface area contributed by atoms with Gasteiger partial charge in [-0.3, -0.25) is 4.57 Å². The molecule has 0 fully saturated rings. The van der Waals surface area contributed by atoms with Gasteiger partial charge in [0, 0.05) is 16.8 Å². The number of aliphatic hydroxyl groups is 1. The summed E-state index contributed by atoms with van der Waals surface area (Å²) in [5.41, 5.74) is -1.88. The lowest BCUT2D eigenvalue weighted by Crippen LogP contribution is -2.37. The van der Waals surface area contributed by atoms with Crippen molar-refractivity contribution in [1.82, 2.24) is 34.1 Å². The first kappa shape index (κ1) is 25.4. The Morgan fingerprint density at radius 1 is 1.00 bits per heavy atom. The molecule has 36 heavy (non-hydrogen) atoms. The lowest BCUT2D eigenvalue weighted by atomic mass is 10.2. The van der Waals surface area contributed by atoms with Gasteiger partial charge in [0.2, 0.25) is 0 Å². The Hall–Kier alpha value is -3.72. The van der Waals surface area contributed by atoms with Crippen LogP contribution in [0.15, 0.2) is 53.7 Å². The summed E-state index contributed by atoms with van der Waals surface area (Å²) in [6, 6.07) is 7.60. The fraction of sp³-hybridized carbons (Fsp3) is 0.250. The van der Waals surface area contributed by atoms with Gasteiger partial charge in [0.05, 0.1) is 6.54 Å². The third kappa shape index (κ3) is 5.26. The standard InChI is InChI=1S/C20H14ClF6N7O2/c21-12-5-3-11(4-6-12)16-31-33(18(36)32(16)8-14(35)20(25,26)27)9-15-29-10-34(30-15)17-13(19(22,23)24)2-1-7-28-17/h1-7,10,14,35H,8-9H2/t14-/m0/s1. The van der Waals surface area contributed by atoms with E-state index in [0.717, 1.165) is 34.0 Å². The molecule has 0 unspecified atom stereocenters. The molecule has 1 aromatic carbocycles. The molecular formula is C20H14ClF6N7O2. The van der Waals surface area contributed by atoms with Gasteiger partial charge in [0.1, 0.15) is 18.4 Å². The normalized spacial score (nSPS) is 13.2. The molecular weight excluding hydrogens is 520 g/mol. The van der Waals surface area contributed by atoms with Crippen LogP contribution in [0, 0.1) is 0 Å². The van der Waals surface area contributed by atoms with Crippen LogP contribution >= 0.6 is 11.6 Å². The number of alkyl halides is 6. The van der Waals surface area contributed by atoms with Crippen LogP contribution in [-0.4, -0.2) is 51.5 Å². The summed E-state index contributed by atoms with van der Waals surface area (Å²) in [6.45, 7) is -1.64. The molecule has 4 rings (SSSR count). The molecule has 4 aromatic rings. The first-order valence-corrected chi connectivity index (χ1v) is 10.3. The molecule has 0 aliphatic carbocycles. The van der Waals surface area contributed by atoms with Crippen LogP contribution < -0.4 is 5.69 Å². The quantitative estimate of drug-likeness (QED) is 0.381. The maximum atomic E-state index is 13.3. The average molecular weight is 534 g/mol. The number of aromatic nitrogens is 7. The highest BCUT2D eigenvalue weighted by Gasteiger charge is 2.39. The van der Waals surface area contributed by atoms with Gasteiger partial charge in [0.15, 0.2) is 23.6 Å². The lowest BCUT2D eigenvalue weighted by molar-refractivity contribution is -0.207. The number of pyridine rings is 1. The highest BCUT2D eigenvalue weighted by atomic mass is 35.5. The van der Waals surface area contributed by atoms with Gasteiger partial charge >= 0.3 is 18.0 Å². The average Bonchev–Trinajstić information content (AvgIpc) is 3.39. The zero-order valence-electron chi connectivity index (χ0n) is 17.7. The Labute approximate surface area is 202 Å². The van der Waals surface area contributed by atoms with Crippen molar-refractivity contribution in [2.24, 2.45) is 0 Å². The van der Waals surface area contributed by atoms with E-state index < -0.39 is 48.6 Å². The predicted molar refractivity (Wildman–Crippen MR) is 112 cm³/mol. The van der Waals surface area contributed by atoms with Gasteiger partial charge in [-0.05, 0) is 36.4 Å². The summed E-state index contributed by atoms with van der Waals surface area (Å²) in [5, 5.41) is 17.8. The third-order valence-corrected chi connectivity index (χ3v) is 5.15.